The minimum atomic E-state index is -3.48. The van der Waals surface area contributed by atoms with Crippen LogP contribution in [0.3, 0.4) is 0 Å². The summed E-state index contributed by atoms with van der Waals surface area (Å²) in [7, 11) is -3.48. The maximum atomic E-state index is 12.9. The summed E-state index contributed by atoms with van der Waals surface area (Å²) in [6.45, 7) is 4.75. The van der Waals surface area contributed by atoms with Crippen molar-refractivity contribution in [3.05, 3.63) is 59.9 Å². The van der Waals surface area contributed by atoms with Crippen LogP contribution < -0.4 is 5.32 Å². The van der Waals surface area contributed by atoms with Crippen molar-refractivity contribution in [2.45, 2.75) is 30.2 Å². The molecule has 1 amide bonds. The average molecular weight is 411 g/mol. The number of nitrogens with one attached hydrogen (secondary N) is 1. The first kappa shape index (κ1) is 21.4. The molecule has 2 aromatic carbocycles. The summed E-state index contributed by atoms with van der Waals surface area (Å²) >= 11 is 1.32. The van der Waals surface area contributed by atoms with E-state index in [1.807, 2.05) is 0 Å². The van der Waals surface area contributed by atoms with Crippen LogP contribution >= 0.6 is 11.8 Å². The summed E-state index contributed by atoms with van der Waals surface area (Å²) in [6, 6.07) is 12.5. The highest BCUT2D eigenvalue weighted by atomic mass is 32.2. The molecule has 0 aliphatic rings. The maximum Gasteiger partial charge on any atom is 0.243 e. The molecule has 0 spiro atoms. The molecular weight excluding hydrogens is 387 g/mol. The molecule has 0 aromatic heterocycles. The summed E-state index contributed by atoms with van der Waals surface area (Å²) in [5.41, 5.74) is 0.814. The number of carbonyl (C=O) groups excluding carboxylic acids is 1. The van der Waals surface area contributed by atoms with E-state index in [-0.39, 0.29) is 22.4 Å². The lowest BCUT2D eigenvalue weighted by Crippen LogP contribution is -2.30. The number of halogens is 1. The van der Waals surface area contributed by atoms with E-state index in [9.17, 15) is 17.6 Å². The van der Waals surface area contributed by atoms with Crippen molar-refractivity contribution in [2.24, 2.45) is 0 Å². The second-order valence-electron chi connectivity index (χ2n) is 5.75. The van der Waals surface area contributed by atoms with Gasteiger partial charge in [0, 0.05) is 24.5 Å². The van der Waals surface area contributed by atoms with Crippen molar-refractivity contribution >= 4 is 27.7 Å². The Labute approximate surface area is 164 Å². The SMILES string of the molecule is CCN(CC)S(=O)(=O)c1ccc(CNC(=O)CSc2ccc(F)cc2)cc1. The van der Waals surface area contributed by atoms with Crippen molar-refractivity contribution in [1.82, 2.24) is 9.62 Å². The van der Waals surface area contributed by atoms with Gasteiger partial charge in [0.05, 0.1) is 10.6 Å². The van der Waals surface area contributed by atoms with Gasteiger partial charge >= 0.3 is 0 Å². The summed E-state index contributed by atoms with van der Waals surface area (Å²) < 4.78 is 39.1. The first-order valence-electron chi connectivity index (χ1n) is 8.61. The molecule has 27 heavy (non-hydrogen) atoms. The largest absolute Gasteiger partial charge is 0.351 e. The van der Waals surface area contributed by atoms with Crippen LogP contribution in [0, 0.1) is 5.82 Å². The summed E-state index contributed by atoms with van der Waals surface area (Å²) in [5, 5.41) is 2.79. The topological polar surface area (TPSA) is 66.5 Å². The number of hydrogen-bond acceptors (Lipinski definition) is 4. The second-order valence-corrected chi connectivity index (χ2v) is 8.74. The van der Waals surface area contributed by atoms with Gasteiger partial charge in [-0.15, -0.1) is 11.8 Å². The number of thioether (sulfide) groups is 1. The molecule has 8 heteroatoms. The number of carbonyl (C=O) groups is 1. The zero-order valence-electron chi connectivity index (χ0n) is 15.3. The zero-order valence-corrected chi connectivity index (χ0v) is 16.9. The number of benzene rings is 2. The zero-order chi connectivity index (χ0) is 19.9. The molecule has 0 radical (unpaired) electrons. The third kappa shape index (κ3) is 6.05. The fourth-order valence-electron chi connectivity index (χ4n) is 2.42. The Bertz CT molecular complexity index is 850. The van der Waals surface area contributed by atoms with E-state index in [0.717, 1.165) is 10.5 Å². The van der Waals surface area contributed by atoms with Gasteiger partial charge in [-0.05, 0) is 42.0 Å². The Morgan fingerprint density at radius 2 is 1.63 bits per heavy atom. The first-order valence-corrected chi connectivity index (χ1v) is 11.0. The molecule has 0 aliphatic carbocycles. The second kappa shape index (κ2) is 9.87. The van der Waals surface area contributed by atoms with E-state index in [0.29, 0.717) is 19.6 Å². The van der Waals surface area contributed by atoms with Gasteiger partial charge in [0.15, 0.2) is 0 Å². The summed E-state index contributed by atoms with van der Waals surface area (Å²) in [4.78, 5) is 13.0. The predicted molar refractivity (Wildman–Crippen MR) is 106 cm³/mol. The van der Waals surface area contributed by atoms with Crippen LogP contribution in [0.15, 0.2) is 58.3 Å². The molecule has 1 N–H and O–H groups in total. The van der Waals surface area contributed by atoms with Crippen LogP contribution in [0.2, 0.25) is 0 Å². The normalized spacial score (nSPS) is 11.6. The fraction of sp³-hybridized carbons (Fsp3) is 0.316. The number of hydrogen-bond donors (Lipinski definition) is 1. The number of nitrogens with zero attached hydrogens (tertiary/aromatic N) is 1. The average Bonchev–Trinajstić information content (AvgIpc) is 2.67. The van der Waals surface area contributed by atoms with Crippen LogP contribution in [0.1, 0.15) is 19.4 Å². The Morgan fingerprint density at radius 1 is 1.04 bits per heavy atom. The lowest BCUT2D eigenvalue weighted by atomic mass is 10.2. The monoisotopic (exact) mass is 410 g/mol. The van der Waals surface area contributed by atoms with E-state index in [4.69, 9.17) is 0 Å². The minimum Gasteiger partial charge on any atom is -0.351 e. The number of rotatable bonds is 9. The highest BCUT2D eigenvalue weighted by Gasteiger charge is 2.21. The van der Waals surface area contributed by atoms with Crippen molar-refractivity contribution < 1.29 is 17.6 Å². The Morgan fingerprint density at radius 3 is 2.19 bits per heavy atom. The number of sulfonamides is 1. The molecule has 0 heterocycles. The minimum absolute atomic E-state index is 0.149. The molecule has 0 bridgehead atoms. The van der Waals surface area contributed by atoms with Gasteiger partial charge in [0.2, 0.25) is 15.9 Å². The van der Waals surface area contributed by atoms with Crippen LogP contribution in [0.4, 0.5) is 4.39 Å². The van der Waals surface area contributed by atoms with Crippen LogP contribution in [0.25, 0.3) is 0 Å². The first-order chi connectivity index (χ1) is 12.9. The van der Waals surface area contributed by atoms with Gasteiger partial charge in [0.25, 0.3) is 0 Å². The molecule has 0 unspecified atom stereocenters. The van der Waals surface area contributed by atoms with E-state index >= 15 is 0 Å². The van der Waals surface area contributed by atoms with Crippen LogP contribution in [0.5, 0.6) is 0 Å². The van der Waals surface area contributed by atoms with Gasteiger partial charge < -0.3 is 5.32 Å². The van der Waals surface area contributed by atoms with Crippen molar-refractivity contribution in [3.8, 4) is 0 Å². The van der Waals surface area contributed by atoms with Crippen LogP contribution in [-0.4, -0.2) is 37.5 Å². The Balaban J connectivity index is 1.87. The smallest absolute Gasteiger partial charge is 0.243 e. The van der Waals surface area contributed by atoms with Gasteiger partial charge in [0.1, 0.15) is 5.82 Å². The molecule has 0 saturated heterocycles. The number of amides is 1. The van der Waals surface area contributed by atoms with E-state index < -0.39 is 10.0 Å². The van der Waals surface area contributed by atoms with Crippen LogP contribution in [-0.2, 0) is 21.4 Å². The quantitative estimate of drug-likeness (QED) is 0.645. The summed E-state index contributed by atoms with van der Waals surface area (Å²) in [5.74, 6) is -0.237. The molecule has 2 aromatic rings. The molecule has 5 nitrogen and oxygen atoms in total. The highest BCUT2D eigenvalue weighted by Crippen LogP contribution is 2.18. The molecule has 146 valence electrons. The Kier molecular flexibility index (Phi) is 7.82. The van der Waals surface area contributed by atoms with Gasteiger partial charge in [-0.3, -0.25) is 4.79 Å². The maximum absolute atomic E-state index is 12.9. The molecule has 2 rings (SSSR count). The van der Waals surface area contributed by atoms with Gasteiger partial charge in [-0.1, -0.05) is 26.0 Å². The third-order valence-electron chi connectivity index (χ3n) is 3.94. The van der Waals surface area contributed by atoms with E-state index in [1.54, 1.807) is 50.2 Å². The van der Waals surface area contributed by atoms with Gasteiger partial charge in [-0.2, -0.15) is 4.31 Å². The van der Waals surface area contributed by atoms with Crippen molar-refractivity contribution in [3.63, 3.8) is 0 Å². The lowest BCUT2D eigenvalue weighted by Gasteiger charge is -2.18. The Hall–Kier alpha value is -1.90. The highest BCUT2D eigenvalue weighted by molar-refractivity contribution is 8.00. The van der Waals surface area contributed by atoms with Crippen molar-refractivity contribution in [2.75, 3.05) is 18.8 Å². The standard InChI is InChI=1S/C19H23FN2O3S2/c1-3-22(4-2)27(24,25)18-11-5-15(6-12-18)13-21-19(23)14-26-17-9-7-16(20)8-10-17/h5-12H,3-4,13-14H2,1-2H3,(H,21,23). The van der Waals surface area contributed by atoms with E-state index in [2.05, 4.69) is 5.32 Å². The third-order valence-corrected chi connectivity index (χ3v) is 7.02. The predicted octanol–water partition coefficient (Wildman–Crippen LogP) is 3.26. The fourth-order valence-corrected chi connectivity index (χ4v) is 4.61. The molecule has 0 atom stereocenters. The van der Waals surface area contributed by atoms with Gasteiger partial charge in [-0.25, -0.2) is 12.8 Å². The van der Waals surface area contributed by atoms with Crippen molar-refractivity contribution in [1.29, 1.82) is 0 Å². The lowest BCUT2D eigenvalue weighted by molar-refractivity contribution is -0.118. The van der Waals surface area contributed by atoms with E-state index in [1.165, 1.54) is 28.2 Å². The molecule has 0 saturated carbocycles. The molecular formula is C19H23FN2O3S2. The molecule has 0 aliphatic heterocycles. The summed E-state index contributed by atoms with van der Waals surface area (Å²) in [6.07, 6.45) is 0. The molecule has 0 fully saturated rings.